The number of aromatic nitrogens is 2. The van der Waals surface area contributed by atoms with Crippen LogP contribution in [0.3, 0.4) is 0 Å². The Morgan fingerprint density at radius 1 is 1.03 bits per heavy atom. The summed E-state index contributed by atoms with van der Waals surface area (Å²) in [5.41, 5.74) is 1.51. The van der Waals surface area contributed by atoms with Gasteiger partial charge in [-0.1, -0.05) is 24.3 Å². The van der Waals surface area contributed by atoms with E-state index >= 15 is 0 Å². The summed E-state index contributed by atoms with van der Waals surface area (Å²) in [4.78, 5) is 41.3. The number of nitrogens with zero attached hydrogens (tertiary/aromatic N) is 3. The first-order chi connectivity index (χ1) is 15.0. The highest BCUT2D eigenvalue weighted by atomic mass is 16.6. The van der Waals surface area contributed by atoms with Gasteiger partial charge in [0.2, 0.25) is 5.78 Å². The van der Waals surface area contributed by atoms with Gasteiger partial charge in [0.15, 0.2) is 0 Å². The van der Waals surface area contributed by atoms with Gasteiger partial charge in [0.05, 0.1) is 39.7 Å². The number of nitro benzene ring substituents is 1. The molecule has 4 aromatic rings. The van der Waals surface area contributed by atoms with Crippen molar-refractivity contribution in [2.45, 2.75) is 6.92 Å². The first kappa shape index (κ1) is 20.0. The van der Waals surface area contributed by atoms with E-state index in [1.54, 1.807) is 60.0 Å². The molecule has 0 aliphatic heterocycles. The molecule has 154 valence electrons. The number of fused-ring (bicyclic) bond motifs is 1. The molecule has 0 fully saturated rings. The van der Waals surface area contributed by atoms with Crippen LogP contribution >= 0.6 is 0 Å². The smallest absolute Gasteiger partial charge is 0.340 e. The molecule has 0 bridgehead atoms. The molecule has 1 aromatic carbocycles. The molecular formula is C23H17N3O5. The molecule has 8 heteroatoms. The molecule has 31 heavy (non-hydrogen) atoms. The monoisotopic (exact) mass is 415 g/mol. The molecule has 0 aliphatic rings. The highest BCUT2D eigenvalue weighted by Gasteiger charge is 2.27. The Morgan fingerprint density at radius 3 is 2.52 bits per heavy atom. The van der Waals surface area contributed by atoms with E-state index in [0.717, 1.165) is 0 Å². The molecule has 0 saturated carbocycles. The van der Waals surface area contributed by atoms with Crippen LogP contribution < -0.4 is 0 Å². The van der Waals surface area contributed by atoms with Crippen LogP contribution in [0.1, 0.15) is 33.3 Å². The maximum Gasteiger partial charge on any atom is 0.340 e. The second-order valence-electron chi connectivity index (χ2n) is 6.61. The van der Waals surface area contributed by atoms with E-state index in [4.69, 9.17) is 4.74 Å². The fraction of sp³-hybridized carbons (Fsp3) is 0.0870. The third-order valence-corrected chi connectivity index (χ3v) is 4.79. The minimum absolute atomic E-state index is 0.0712. The molecular weight excluding hydrogens is 398 g/mol. The van der Waals surface area contributed by atoms with Gasteiger partial charge < -0.3 is 9.14 Å². The molecule has 0 N–H and O–H groups in total. The Balaban J connectivity index is 2.02. The van der Waals surface area contributed by atoms with E-state index in [9.17, 15) is 19.7 Å². The van der Waals surface area contributed by atoms with Crippen LogP contribution in [-0.2, 0) is 4.74 Å². The summed E-state index contributed by atoms with van der Waals surface area (Å²) in [5, 5.41) is 11.5. The third-order valence-electron chi connectivity index (χ3n) is 4.79. The number of rotatable bonds is 6. The Labute approximate surface area is 176 Å². The minimum Gasteiger partial charge on any atom is -0.462 e. The number of ether oxygens (including phenoxy) is 1. The third kappa shape index (κ3) is 3.55. The van der Waals surface area contributed by atoms with Gasteiger partial charge in [-0.2, -0.15) is 0 Å². The SMILES string of the molecule is CCOC(=O)c1cc(C(=O)c2ccccc2[N+](=O)[O-])n2c(-c3ccccn3)cccc12. The summed E-state index contributed by atoms with van der Waals surface area (Å²) < 4.78 is 6.75. The molecule has 0 saturated heterocycles. The van der Waals surface area contributed by atoms with Crippen LogP contribution in [0.25, 0.3) is 16.9 Å². The standard InChI is InChI=1S/C23H17N3O5/c1-2-31-23(28)16-14-21(22(27)15-8-3-4-10-19(15)26(29)30)25-18(16)11-7-12-20(25)17-9-5-6-13-24-17/h3-14H,2H2,1H3. The number of carbonyl (C=O) groups is 2. The van der Waals surface area contributed by atoms with Crippen LogP contribution in [0, 0.1) is 10.1 Å². The summed E-state index contributed by atoms with van der Waals surface area (Å²) in [6.07, 6.45) is 1.62. The van der Waals surface area contributed by atoms with Crippen molar-refractivity contribution in [3.8, 4) is 11.4 Å². The molecule has 0 spiro atoms. The van der Waals surface area contributed by atoms with E-state index in [0.29, 0.717) is 16.9 Å². The van der Waals surface area contributed by atoms with Crippen molar-refractivity contribution in [1.29, 1.82) is 0 Å². The molecule has 4 rings (SSSR count). The van der Waals surface area contributed by atoms with Gasteiger partial charge in [0, 0.05) is 12.3 Å². The van der Waals surface area contributed by atoms with Crippen molar-refractivity contribution in [2.24, 2.45) is 0 Å². The van der Waals surface area contributed by atoms with Crippen molar-refractivity contribution < 1.29 is 19.2 Å². The van der Waals surface area contributed by atoms with Crippen LogP contribution in [0.2, 0.25) is 0 Å². The number of hydrogen-bond donors (Lipinski definition) is 0. The lowest BCUT2D eigenvalue weighted by molar-refractivity contribution is -0.385. The lowest BCUT2D eigenvalue weighted by atomic mass is 10.1. The van der Waals surface area contributed by atoms with Gasteiger partial charge in [0.25, 0.3) is 5.69 Å². The van der Waals surface area contributed by atoms with Crippen molar-refractivity contribution in [1.82, 2.24) is 9.38 Å². The minimum atomic E-state index is -0.602. The number of benzene rings is 1. The highest BCUT2D eigenvalue weighted by Crippen LogP contribution is 2.29. The zero-order valence-electron chi connectivity index (χ0n) is 16.5. The summed E-state index contributed by atoms with van der Waals surface area (Å²) in [6.45, 7) is 1.86. The summed E-state index contributed by atoms with van der Waals surface area (Å²) in [7, 11) is 0. The largest absolute Gasteiger partial charge is 0.462 e. The quantitative estimate of drug-likeness (QED) is 0.201. The van der Waals surface area contributed by atoms with E-state index in [1.807, 2.05) is 0 Å². The van der Waals surface area contributed by atoms with Crippen molar-refractivity contribution in [3.05, 3.63) is 99.9 Å². The van der Waals surface area contributed by atoms with Crippen LogP contribution in [0.15, 0.2) is 72.9 Å². The predicted molar refractivity (Wildman–Crippen MR) is 113 cm³/mol. The number of ketones is 1. The maximum atomic E-state index is 13.5. The molecule has 0 amide bonds. The second kappa shape index (κ2) is 8.19. The van der Waals surface area contributed by atoms with E-state index in [-0.39, 0.29) is 29.1 Å². The molecule has 0 radical (unpaired) electrons. The Hall–Kier alpha value is -4.33. The Bertz CT molecular complexity index is 1310. The van der Waals surface area contributed by atoms with Gasteiger partial charge in [-0.3, -0.25) is 19.9 Å². The number of para-hydroxylation sites is 1. The lowest BCUT2D eigenvalue weighted by Crippen LogP contribution is -2.09. The molecule has 8 nitrogen and oxygen atoms in total. The van der Waals surface area contributed by atoms with Crippen molar-refractivity contribution in [3.63, 3.8) is 0 Å². The van der Waals surface area contributed by atoms with Gasteiger partial charge >= 0.3 is 5.97 Å². The van der Waals surface area contributed by atoms with Crippen molar-refractivity contribution >= 4 is 23.0 Å². The van der Waals surface area contributed by atoms with Gasteiger partial charge in [-0.05, 0) is 43.3 Å². The summed E-state index contributed by atoms with van der Waals surface area (Å²) >= 11 is 0. The van der Waals surface area contributed by atoms with Crippen LogP contribution in [0.5, 0.6) is 0 Å². The topological polar surface area (TPSA) is 104 Å². The number of carbonyl (C=O) groups excluding carboxylic acids is 2. The Morgan fingerprint density at radius 2 is 1.81 bits per heavy atom. The van der Waals surface area contributed by atoms with Gasteiger partial charge in [-0.15, -0.1) is 0 Å². The zero-order valence-corrected chi connectivity index (χ0v) is 16.5. The van der Waals surface area contributed by atoms with E-state index < -0.39 is 16.7 Å². The fourth-order valence-corrected chi connectivity index (χ4v) is 3.47. The van der Waals surface area contributed by atoms with Crippen molar-refractivity contribution in [2.75, 3.05) is 6.61 Å². The summed E-state index contributed by atoms with van der Waals surface area (Å²) in [6, 6.07) is 17.7. The average molecular weight is 415 g/mol. The Kier molecular flexibility index (Phi) is 5.28. The average Bonchev–Trinajstić information content (AvgIpc) is 3.19. The first-order valence-electron chi connectivity index (χ1n) is 9.54. The number of pyridine rings is 2. The molecule has 0 unspecified atom stereocenters. The molecule has 3 aromatic heterocycles. The normalized spacial score (nSPS) is 10.7. The first-order valence-corrected chi connectivity index (χ1v) is 9.54. The zero-order chi connectivity index (χ0) is 22.0. The molecule has 0 aliphatic carbocycles. The van der Waals surface area contributed by atoms with E-state index in [1.165, 1.54) is 24.3 Å². The molecule has 0 atom stereocenters. The number of hydrogen-bond acceptors (Lipinski definition) is 6. The second-order valence-corrected chi connectivity index (χ2v) is 6.61. The lowest BCUT2D eigenvalue weighted by Gasteiger charge is -2.10. The summed E-state index contributed by atoms with van der Waals surface area (Å²) in [5.74, 6) is -1.17. The highest BCUT2D eigenvalue weighted by molar-refractivity contribution is 6.13. The van der Waals surface area contributed by atoms with Gasteiger partial charge in [0.1, 0.15) is 5.56 Å². The number of esters is 1. The van der Waals surface area contributed by atoms with E-state index in [2.05, 4.69) is 4.98 Å². The van der Waals surface area contributed by atoms with Gasteiger partial charge in [-0.25, -0.2) is 4.79 Å². The van der Waals surface area contributed by atoms with Crippen LogP contribution in [0.4, 0.5) is 5.69 Å². The maximum absolute atomic E-state index is 13.5. The fourth-order valence-electron chi connectivity index (χ4n) is 3.47. The predicted octanol–water partition coefficient (Wildman–Crippen LogP) is 4.32. The molecule has 3 heterocycles. The van der Waals surface area contributed by atoms with Crippen LogP contribution in [-0.4, -0.2) is 32.7 Å². The number of nitro groups is 1.